The van der Waals surface area contributed by atoms with E-state index in [0.29, 0.717) is 22.9 Å². The van der Waals surface area contributed by atoms with Crippen LogP contribution in [0.25, 0.3) is 0 Å². The number of aliphatic hydroxyl groups excluding tert-OH is 1. The molecule has 0 spiro atoms. The van der Waals surface area contributed by atoms with Gasteiger partial charge < -0.3 is 14.7 Å². The molecule has 0 aliphatic carbocycles. The van der Waals surface area contributed by atoms with Gasteiger partial charge in [-0.05, 0) is 37.5 Å². The summed E-state index contributed by atoms with van der Waals surface area (Å²) in [6.07, 6.45) is 2.54. The molecule has 1 rings (SSSR count). The molecule has 0 aliphatic rings. The van der Waals surface area contributed by atoms with Crippen molar-refractivity contribution in [2.24, 2.45) is 0 Å². The van der Waals surface area contributed by atoms with Gasteiger partial charge in [-0.25, -0.2) is 0 Å². The normalized spacial score (nSPS) is 10.3. The molecular weight excluding hydrogens is 266 g/mol. The number of hydrogen-bond acceptors (Lipinski definition) is 3. The summed E-state index contributed by atoms with van der Waals surface area (Å²) in [5, 5.41) is 9.22. The van der Waals surface area contributed by atoms with Crippen LogP contribution in [-0.4, -0.2) is 43.2 Å². The molecule has 1 aromatic rings. The number of benzene rings is 1. The zero-order chi connectivity index (χ0) is 14.3. The minimum atomic E-state index is -0.108. The molecule has 0 aromatic heterocycles. The van der Waals surface area contributed by atoms with Crippen LogP contribution in [-0.2, 0) is 0 Å². The predicted octanol–water partition coefficient (Wildman–Crippen LogP) is 2.58. The van der Waals surface area contributed by atoms with Crippen LogP contribution in [0.2, 0.25) is 5.02 Å². The third-order valence-corrected chi connectivity index (χ3v) is 3.13. The Labute approximate surface area is 118 Å². The highest BCUT2D eigenvalue weighted by atomic mass is 35.5. The SMILES string of the molecule is COc1ccc(Cl)cc1C(=O)N(C)CCCCCO. The summed E-state index contributed by atoms with van der Waals surface area (Å²) >= 11 is 5.91. The van der Waals surface area contributed by atoms with Crippen molar-refractivity contribution in [1.82, 2.24) is 4.90 Å². The molecule has 0 heterocycles. The lowest BCUT2D eigenvalue weighted by Crippen LogP contribution is -2.28. The fourth-order valence-electron chi connectivity index (χ4n) is 1.79. The van der Waals surface area contributed by atoms with Gasteiger partial charge in [0.2, 0.25) is 0 Å². The van der Waals surface area contributed by atoms with Crippen LogP contribution in [0.4, 0.5) is 0 Å². The minimum absolute atomic E-state index is 0.108. The fourth-order valence-corrected chi connectivity index (χ4v) is 1.96. The zero-order valence-corrected chi connectivity index (χ0v) is 12.1. The van der Waals surface area contributed by atoms with Gasteiger partial charge in [-0.15, -0.1) is 0 Å². The highest BCUT2D eigenvalue weighted by Gasteiger charge is 2.16. The largest absolute Gasteiger partial charge is 0.496 e. The molecule has 1 aromatic carbocycles. The molecule has 1 N–H and O–H groups in total. The Morgan fingerprint density at radius 2 is 2.11 bits per heavy atom. The van der Waals surface area contributed by atoms with Crippen molar-refractivity contribution in [3.05, 3.63) is 28.8 Å². The van der Waals surface area contributed by atoms with Gasteiger partial charge in [-0.3, -0.25) is 4.79 Å². The number of hydrogen-bond donors (Lipinski definition) is 1. The number of unbranched alkanes of at least 4 members (excludes halogenated alkanes) is 2. The summed E-state index contributed by atoms with van der Waals surface area (Å²) in [5.74, 6) is 0.417. The number of carbonyl (C=O) groups is 1. The Morgan fingerprint density at radius 1 is 1.37 bits per heavy atom. The van der Waals surface area contributed by atoms with Gasteiger partial charge in [0.25, 0.3) is 5.91 Å². The van der Waals surface area contributed by atoms with Gasteiger partial charge in [-0.2, -0.15) is 0 Å². The number of amides is 1. The van der Waals surface area contributed by atoms with E-state index in [9.17, 15) is 4.79 Å². The lowest BCUT2D eigenvalue weighted by molar-refractivity contribution is 0.0789. The Morgan fingerprint density at radius 3 is 2.74 bits per heavy atom. The second-order valence-corrected chi connectivity index (χ2v) is 4.79. The van der Waals surface area contributed by atoms with Crippen molar-refractivity contribution in [2.45, 2.75) is 19.3 Å². The molecule has 19 heavy (non-hydrogen) atoms. The molecule has 1 amide bonds. The molecule has 0 saturated carbocycles. The van der Waals surface area contributed by atoms with E-state index in [-0.39, 0.29) is 12.5 Å². The zero-order valence-electron chi connectivity index (χ0n) is 11.4. The molecule has 0 saturated heterocycles. The number of nitrogens with zero attached hydrogens (tertiary/aromatic N) is 1. The average Bonchev–Trinajstić information content (AvgIpc) is 2.42. The molecule has 0 radical (unpaired) electrons. The number of carbonyl (C=O) groups excluding carboxylic acids is 1. The maximum Gasteiger partial charge on any atom is 0.257 e. The van der Waals surface area contributed by atoms with Crippen molar-refractivity contribution in [3.8, 4) is 5.75 Å². The van der Waals surface area contributed by atoms with Gasteiger partial charge in [0.1, 0.15) is 5.75 Å². The standard InChI is InChI=1S/C14H20ClNO3/c1-16(8-4-3-5-9-17)14(18)12-10-11(15)6-7-13(12)19-2/h6-7,10,17H,3-5,8-9H2,1-2H3. The van der Waals surface area contributed by atoms with Crippen LogP contribution >= 0.6 is 11.6 Å². The second-order valence-electron chi connectivity index (χ2n) is 4.36. The molecule has 106 valence electrons. The first-order valence-corrected chi connectivity index (χ1v) is 6.67. The predicted molar refractivity (Wildman–Crippen MR) is 75.9 cm³/mol. The van der Waals surface area contributed by atoms with Crippen molar-refractivity contribution in [3.63, 3.8) is 0 Å². The molecular formula is C14H20ClNO3. The molecule has 0 atom stereocenters. The van der Waals surface area contributed by atoms with Crippen molar-refractivity contribution >= 4 is 17.5 Å². The summed E-state index contributed by atoms with van der Waals surface area (Å²) in [6.45, 7) is 0.842. The summed E-state index contributed by atoms with van der Waals surface area (Å²) in [6, 6.07) is 5.00. The maximum absolute atomic E-state index is 12.3. The average molecular weight is 286 g/mol. The van der Waals surface area contributed by atoms with E-state index >= 15 is 0 Å². The van der Waals surface area contributed by atoms with E-state index in [4.69, 9.17) is 21.4 Å². The van der Waals surface area contributed by atoms with E-state index in [1.807, 2.05) is 0 Å². The van der Waals surface area contributed by atoms with E-state index in [1.165, 1.54) is 7.11 Å². The maximum atomic E-state index is 12.3. The van der Waals surface area contributed by atoms with Crippen LogP contribution in [0.5, 0.6) is 5.75 Å². The summed E-state index contributed by atoms with van der Waals surface area (Å²) < 4.78 is 5.18. The quantitative estimate of drug-likeness (QED) is 0.784. The van der Waals surface area contributed by atoms with E-state index < -0.39 is 0 Å². The van der Waals surface area contributed by atoms with Gasteiger partial charge in [0, 0.05) is 25.2 Å². The van der Waals surface area contributed by atoms with E-state index in [2.05, 4.69) is 0 Å². The highest BCUT2D eigenvalue weighted by Crippen LogP contribution is 2.23. The summed E-state index contributed by atoms with van der Waals surface area (Å²) in [7, 11) is 3.28. The number of ether oxygens (including phenoxy) is 1. The van der Waals surface area contributed by atoms with Crippen LogP contribution in [0.1, 0.15) is 29.6 Å². The van der Waals surface area contributed by atoms with Crippen LogP contribution < -0.4 is 4.74 Å². The van der Waals surface area contributed by atoms with Gasteiger partial charge in [0.15, 0.2) is 0 Å². The van der Waals surface area contributed by atoms with Gasteiger partial charge in [0.05, 0.1) is 12.7 Å². The second kappa shape index (κ2) is 8.02. The minimum Gasteiger partial charge on any atom is -0.496 e. The van der Waals surface area contributed by atoms with E-state index in [1.54, 1.807) is 30.1 Å². The highest BCUT2D eigenvalue weighted by molar-refractivity contribution is 6.31. The first-order chi connectivity index (χ1) is 9.10. The molecule has 0 fully saturated rings. The first-order valence-electron chi connectivity index (χ1n) is 6.30. The van der Waals surface area contributed by atoms with Crippen LogP contribution in [0.15, 0.2) is 18.2 Å². The third kappa shape index (κ3) is 4.73. The lowest BCUT2D eigenvalue weighted by Gasteiger charge is -2.18. The van der Waals surface area contributed by atoms with Crippen molar-refractivity contribution < 1.29 is 14.6 Å². The monoisotopic (exact) mass is 285 g/mol. The molecule has 0 unspecified atom stereocenters. The number of aliphatic hydroxyl groups is 1. The van der Waals surface area contributed by atoms with Gasteiger partial charge >= 0.3 is 0 Å². The summed E-state index contributed by atoms with van der Waals surface area (Å²) in [4.78, 5) is 13.9. The molecule has 0 bridgehead atoms. The number of methoxy groups -OCH3 is 1. The molecule has 5 heteroatoms. The fraction of sp³-hybridized carbons (Fsp3) is 0.500. The van der Waals surface area contributed by atoms with Crippen LogP contribution in [0, 0.1) is 0 Å². The Hall–Kier alpha value is -1.26. The molecule has 0 aliphatic heterocycles. The Balaban J connectivity index is 2.68. The number of halogens is 1. The van der Waals surface area contributed by atoms with Crippen LogP contribution in [0.3, 0.4) is 0 Å². The van der Waals surface area contributed by atoms with Gasteiger partial charge in [-0.1, -0.05) is 11.6 Å². The Kier molecular flexibility index (Phi) is 6.67. The Bertz CT molecular complexity index is 423. The van der Waals surface area contributed by atoms with E-state index in [0.717, 1.165) is 19.3 Å². The third-order valence-electron chi connectivity index (χ3n) is 2.89. The first kappa shape index (κ1) is 15.8. The topological polar surface area (TPSA) is 49.8 Å². The molecule has 4 nitrogen and oxygen atoms in total. The van der Waals surface area contributed by atoms with Crippen molar-refractivity contribution in [1.29, 1.82) is 0 Å². The lowest BCUT2D eigenvalue weighted by atomic mass is 10.1. The van der Waals surface area contributed by atoms with Crippen molar-refractivity contribution in [2.75, 3.05) is 27.3 Å². The number of rotatable bonds is 7. The summed E-state index contributed by atoms with van der Waals surface area (Å²) in [5.41, 5.74) is 0.472. The smallest absolute Gasteiger partial charge is 0.257 e.